The first-order valence-corrected chi connectivity index (χ1v) is 12.5. The summed E-state index contributed by atoms with van der Waals surface area (Å²) in [4.78, 5) is 28.2. The third-order valence-electron chi connectivity index (χ3n) is 6.11. The van der Waals surface area contributed by atoms with Gasteiger partial charge in [0.25, 0.3) is 5.91 Å². The van der Waals surface area contributed by atoms with Crippen molar-refractivity contribution in [1.29, 1.82) is 0 Å². The number of hydrogen-bond donors (Lipinski definition) is 1. The van der Waals surface area contributed by atoms with Gasteiger partial charge in [-0.3, -0.25) is 9.59 Å². The molecule has 0 unspecified atom stereocenters. The minimum absolute atomic E-state index is 0.148. The van der Waals surface area contributed by atoms with Crippen LogP contribution in [0.1, 0.15) is 51.0 Å². The fraction of sp³-hybridized carbons (Fsp3) is 0.462. The van der Waals surface area contributed by atoms with Crippen LogP contribution in [-0.2, 0) is 16.1 Å². The second-order valence-electron chi connectivity index (χ2n) is 8.46. The van der Waals surface area contributed by atoms with E-state index in [0.29, 0.717) is 33.5 Å². The van der Waals surface area contributed by atoms with Gasteiger partial charge in [0.1, 0.15) is 6.04 Å². The number of hydrogen-bond acceptors (Lipinski definition) is 4. The van der Waals surface area contributed by atoms with Crippen LogP contribution in [0.25, 0.3) is 0 Å². The zero-order chi connectivity index (χ0) is 24.5. The molecule has 0 aromatic heterocycles. The third kappa shape index (κ3) is 7.03. The zero-order valence-corrected chi connectivity index (χ0v) is 21.2. The SMILES string of the molecule is CC[C@H](C(=O)NC1CCCCC1)N(Cc1ccc(Cl)cc1Cl)C(=O)COc1ccccc1OC. The number of rotatable bonds is 10. The van der Waals surface area contributed by atoms with Crippen LogP contribution in [-0.4, -0.2) is 42.5 Å². The molecule has 0 radical (unpaired) electrons. The average Bonchev–Trinajstić information content (AvgIpc) is 2.84. The van der Waals surface area contributed by atoms with Crippen LogP contribution < -0.4 is 14.8 Å². The Morgan fingerprint density at radius 3 is 2.44 bits per heavy atom. The van der Waals surface area contributed by atoms with Crippen LogP contribution in [0.4, 0.5) is 0 Å². The van der Waals surface area contributed by atoms with Crippen molar-refractivity contribution < 1.29 is 19.1 Å². The molecule has 2 amide bonds. The van der Waals surface area contributed by atoms with Crippen molar-refractivity contribution in [1.82, 2.24) is 10.2 Å². The predicted molar refractivity (Wildman–Crippen MR) is 135 cm³/mol. The van der Waals surface area contributed by atoms with Crippen molar-refractivity contribution >= 4 is 35.0 Å². The van der Waals surface area contributed by atoms with Gasteiger partial charge in [-0.15, -0.1) is 0 Å². The number of para-hydroxylation sites is 2. The smallest absolute Gasteiger partial charge is 0.261 e. The molecule has 1 atom stereocenters. The van der Waals surface area contributed by atoms with E-state index >= 15 is 0 Å². The lowest BCUT2D eigenvalue weighted by Crippen LogP contribution is -2.52. The van der Waals surface area contributed by atoms with Gasteiger partial charge in [-0.25, -0.2) is 0 Å². The number of carbonyl (C=O) groups is 2. The maximum Gasteiger partial charge on any atom is 0.261 e. The molecule has 6 nitrogen and oxygen atoms in total. The second-order valence-corrected chi connectivity index (χ2v) is 9.31. The van der Waals surface area contributed by atoms with Crippen LogP contribution in [0.2, 0.25) is 10.0 Å². The number of nitrogens with zero attached hydrogens (tertiary/aromatic N) is 1. The van der Waals surface area contributed by atoms with Crippen molar-refractivity contribution in [2.24, 2.45) is 0 Å². The third-order valence-corrected chi connectivity index (χ3v) is 6.70. The Bertz CT molecular complexity index is 979. The highest BCUT2D eigenvalue weighted by molar-refractivity contribution is 6.35. The van der Waals surface area contributed by atoms with E-state index in [9.17, 15) is 9.59 Å². The van der Waals surface area contributed by atoms with Crippen molar-refractivity contribution in [3.8, 4) is 11.5 Å². The lowest BCUT2D eigenvalue weighted by Gasteiger charge is -2.33. The normalized spacial score (nSPS) is 14.8. The van der Waals surface area contributed by atoms with E-state index in [1.807, 2.05) is 13.0 Å². The van der Waals surface area contributed by atoms with E-state index in [-0.39, 0.29) is 31.0 Å². The molecule has 0 aliphatic heterocycles. The summed E-state index contributed by atoms with van der Waals surface area (Å²) < 4.78 is 11.1. The molecule has 0 spiro atoms. The number of benzene rings is 2. The Labute approximate surface area is 211 Å². The van der Waals surface area contributed by atoms with Gasteiger partial charge in [0.15, 0.2) is 18.1 Å². The monoisotopic (exact) mass is 506 g/mol. The molecule has 1 fully saturated rings. The predicted octanol–water partition coefficient (Wildman–Crippen LogP) is 5.64. The molecule has 0 heterocycles. The van der Waals surface area contributed by atoms with E-state index < -0.39 is 6.04 Å². The zero-order valence-electron chi connectivity index (χ0n) is 19.7. The Morgan fingerprint density at radius 2 is 1.79 bits per heavy atom. The molecule has 2 aromatic carbocycles. The van der Waals surface area contributed by atoms with Crippen molar-refractivity contribution in [3.05, 3.63) is 58.1 Å². The van der Waals surface area contributed by atoms with Crippen molar-refractivity contribution in [3.63, 3.8) is 0 Å². The summed E-state index contributed by atoms with van der Waals surface area (Å²) in [7, 11) is 1.54. The molecule has 2 aromatic rings. The number of methoxy groups -OCH3 is 1. The molecule has 1 N–H and O–H groups in total. The first kappa shape index (κ1) is 26.2. The molecule has 34 heavy (non-hydrogen) atoms. The first-order valence-electron chi connectivity index (χ1n) is 11.7. The molecule has 1 saturated carbocycles. The van der Waals surface area contributed by atoms with E-state index in [1.165, 1.54) is 6.42 Å². The minimum atomic E-state index is -0.651. The highest BCUT2D eigenvalue weighted by atomic mass is 35.5. The second kappa shape index (κ2) is 12.9. The summed E-state index contributed by atoms with van der Waals surface area (Å²) in [6.45, 7) is 1.83. The summed E-state index contributed by atoms with van der Waals surface area (Å²) in [5, 5.41) is 4.11. The number of carbonyl (C=O) groups excluding carboxylic acids is 2. The number of halogens is 2. The fourth-order valence-corrected chi connectivity index (χ4v) is 4.73. The molecular formula is C26H32Cl2N2O4. The Kier molecular flexibility index (Phi) is 9.90. The molecule has 0 bridgehead atoms. The van der Waals surface area contributed by atoms with Gasteiger partial charge in [-0.05, 0) is 49.1 Å². The molecular weight excluding hydrogens is 475 g/mol. The highest BCUT2D eigenvalue weighted by Gasteiger charge is 2.31. The molecule has 0 saturated heterocycles. The van der Waals surface area contributed by atoms with E-state index in [4.69, 9.17) is 32.7 Å². The van der Waals surface area contributed by atoms with Gasteiger partial charge in [-0.1, -0.05) is 67.6 Å². The number of amides is 2. The quantitative estimate of drug-likeness (QED) is 0.452. The number of ether oxygens (including phenoxy) is 2. The maximum atomic E-state index is 13.4. The van der Waals surface area contributed by atoms with Gasteiger partial charge in [-0.2, -0.15) is 0 Å². The van der Waals surface area contributed by atoms with E-state index in [2.05, 4.69) is 5.32 Å². The van der Waals surface area contributed by atoms with Gasteiger partial charge in [0, 0.05) is 22.6 Å². The van der Waals surface area contributed by atoms with Crippen LogP contribution >= 0.6 is 23.2 Å². The Balaban J connectivity index is 1.80. The maximum absolute atomic E-state index is 13.4. The van der Waals surface area contributed by atoms with Crippen molar-refractivity contribution in [2.75, 3.05) is 13.7 Å². The summed E-state index contributed by atoms with van der Waals surface area (Å²) in [6.07, 6.45) is 5.81. The Morgan fingerprint density at radius 1 is 1.09 bits per heavy atom. The fourth-order valence-electron chi connectivity index (χ4n) is 4.26. The molecule has 184 valence electrons. The van der Waals surface area contributed by atoms with Crippen molar-refractivity contribution in [2.45, 2.75) is 64.1 Å². The standard InChI is InChI=1S/C26H32Cl2N2O4/c1-3-22(26(32)29-20-9-5-4-6-10-20)30(16-18-13-14-19(27)15-21(18)28)25(31)17-34-24-12-8-7-11-23(24)33-2/h7-8,11-15,20,22H,3-6,9-10,16-17H2,1-2H3,(H,29,32)/t22-/m1/s1. The number of nitrogens with one attached hydrogen (secondary N) is 1. The molecule has 8 heteroatoms. The van der Waals surface area contributed by atoms with E-state index in [0.717, 1.165) is 25.7 Å². The molecule has 1 aliphatic rings. The molecule has 3 rings (SSSR count). The van der Waals surface area contributed by atoms with E-state index in [1.54, 1.807) is 48.4 Å². The summed E-state index contributed by atoms with van der Waals surface area (Å²) in [5.74, 6) is 0.528. The lowest BCUT2D eigenvalue weighted by atomic mass is 9.95. The van der Waals surface area contributed by atoms with Gasteiger partial charge >= 0.3 is 0 Å². The van der Waals surface area contributed by atoms with Crippen LogP contribution in [0.3, 0.4) is 0 Å². The lowest BCUT2D eigenvalue weighted by molar-refractivity contribution is -0.143. The largest absolute Gasteiger partial charge is 0.493 e. The average molecular weight is 507 g/mol. The first-order chi connectivity index (χ1) is 16.4. The Hall–Kier alpha value is -2.44. The summed E-state index contributed by atoms with van der Waals surface area (Å²) in [5.41, 5.74) is 0.709. The highest BCUT2D eigenvalue weighted by Crippen LogP contribution is 2.27. The van der Waals surface area contributed by atoms with Crippen LogP contribution in [0.15, 0.2) is 42.5 Å². The summed E-state index contributed by atoms with van der Waals surface area (Å²) in [6, 6.07) is 11.8. The molecule has 1 aliphatic carbocycles. The van der Waals surface area contributed by atoms with Gasteiger partial charge in [0.2, 0.25) is 5.91 Å². The minimum Gasteiger partial charge on any atom is -0.493 e. The van der Waals surface area contributed by atoms with Crippen LogP contribution in [0.5, 0.6) is 11.5 Å². The summed E-state index contributed by atoms with van der Waals surface area (Å²) >= 11 is 12.5. The van der Waals surface area contributed by atoms with Crippen LogP contribution in [0, 0.1) is 0 Å². The topological polar surface area (TPSA) is 67.9 Å². The van der Waals surface area contributed by atoms with Gasteiger partial charge in [0.05, 0.1) is 7.11 Å². The van der Waals surface area contributed by atoms with Gasteiger partial charge < -0.3 is 19.7 Å².